The Balaban J connectivity index is 2.14. The summed E-state index contributed by atoms with van der Waals surface area (Å²) in [7, 11) is 0. The summed E-state index contributed by atoms with van der Waals surface area (Å²) >= 11 is 0. The second kappa shape index (κ2) is 3.49. The van der Waals surface area contributed by atoms with Gasteiger partial charge in [-0.25, -0.2) is 0 Å². The van der Waals surface area contributed by atoms with Crippen LogP contribution in [-0.2, 0) is 12.0 Å². The molecular weight excluding hydrogens is 196 g/mol. The molecule has 0 saturated heterocycles. The molecule has 1 aromatic carbocycles. The van der Waals surface area contributed by atoms with Gasteiger partial charge in [-0.2, -0.15) is 0 Å². The van der Waals surface area contributed by atoms with Gasteiger partial charge in [0.1, 0.15) is 0 Å². The predicted molar refractivity (Wildman–Crippen MR) is 65.1 cm³/mol. The molecule has 3 rings (SSSR count). The number of aromatic nitrogens is 1. The normalized spacial score (nSPS) is 24.1. The summed E-state index contributed by atoms with van der Waals surface area (Å²) in [5.41, 5.74) is 10.1. The van der Waals surface area contributed by atoms with Crippen molar-refractivity contribution in [1.29, 1.82) is 0 Å². The van der Waals surface area contributed by atoms with Crippen molar-refractivity contribution in [3.63, 3.8) is 0 Å². The van der Waals surface area contributed by atoms with Gasteiger partial charge in [0.15, 0.2) is 0 Å². The highest BCUT2D eigenvalue weighted by atomic mass is 14.8. The molecule has 1 aliphatic carbocycles. The summed E-state index contributed by atoms with van der Waals surface area (Å²) in [6.45, 7) is 0. The highest BCUT2D eigenvalue weighted by Crippen LogP contribution is 2.37. The molecule has 0 amide bonds. The molecular formula is C14H16N2. The minimum absolute atomic E-state index is 0.297. The number of rotatable bonds is 1. The molecule has 0 bridgehead atoms. The fraction of sp³-hybridized carbons (Fsp3) is 0.286. The van der Waals surface area contributed by atoms with E-state index in [-0.39, 0.29) is 5.54 Å². The van der Waals surface area contributed by atoms with Crippen LogP contribution >= 0.6 is 0 Å². The average Bonchev–Trinajstić information content (AvgIpc) is 2.80. The fourth-order valence-corrected chi connectivity index (χ4v) is 2.74. The first kappa shape index (κ1) is 9.67. The molecule has 0 fully saturated rings. The molecule has 2 nitrogen and oxygen atoms in total. The molecule has 2 aromatic rings. The van der Waals surface area contributed by atoms with Crippen molar-refractivity contribution < 1.29 is 0 Å². The number of fused-ring (bicyclic) bond motifs is 1. The van der Waals surface area contributed by atoms with Crippen molar-refractivity contribution in [3.05, 3.63) is 59.4 Å². The molecule has 1 atom stereocenters. The zero-order valence-corrected chi connectivity index (χ0v) is 9.24. The Bertz CT molecular complexity index is 486. The van der Waals surface area contributed by atoms with Crippen LogP contribution < -0.4 is 5.73 Å². The smallest absolute Gasteiger partial charge is 0.0683 e. The first-order valence-electron chi connectivity index (χ1n) is 5.82. The Morgan fingerprint density at radius 3 is 2.75 bits per heavy atom. The fourth-order valence-electron chi connectivity index (χ4n) is 2.74. The molecule has 0 radical (unpaired) electrons. The summed E-state index contributed by atoms with van der Waals surface area (Å²) in [6.07, 6.45) is 5.30. The maximum atomic E-state index is 6.62. The largest absolute Gasteiger partial charge is 0.365 e. The van der Waals surface area contributed by atoms with Crippen LogP contribution in [0.1, 0.15) is 29.7 Å². The lowest BCUT2D eigenvalue weighted by Crippen LogP contribution is -2.40. The van der Waals surface area contributed by atoms with Gasteiger partial charge < -0.3 is 10.7 Å². The molecule has 0 aliphatic heterocycles. The molecule has 1 heterocycles. The Morgan fingerprint density at radius 2 is 1.94 bits per heavy atom. The first-order chi connectivity index (χ1) is 7.81. The van der Waals surface area contributed by atoms with Crippen LogP contribution in [0.15, 0.2) is 42.6 Å². The number of nitrogens with two attached hydrogens (primary N) is 1. The number of aryl methyl sites for hydroxylation is 1. The molecule has 3 N–H and O–H groups in total. The number of hydrogen-bond donors (Lipinski definition) is 2. The zero-order chi connectivity index (χ0) is 11.0. The van der Waals surface area contributed by atoms with E-state index in [2.05, 4.69) is 35.3 Å². The Hall–Kier alpha value is -1.54. The lowest BCUT2D eigenvalue weighted by atomic mass is 9.76. The zero-order valence-electron chi connectivity index (χ0n) is 9.24. The van der Waals surface area contributed by atoms with Gasteiger partial charge in [-0.3, -0.25) is 0 Å². The summed E-state index contributed by atoms with van der Waals surface area (Å²) in [4.78, 5) is 3.30. The van der Waals surface area contributed by atoms with E-state index in [0.717, 1.165) is 19.3 Å². The highest BCUT2D eigenvalue weighted by molar-refractivity contribution is 5.42. The summed E-state index contributed by atoms with van der Waals surface area (Å²) in [6, 6.07) is 12.5. The van der Waals surface area contributed by atoms with E-state index in [4.69, 9.17) is 5.73 Å². The van der Waals surface area contributed by atoms with E-state index >= 15 is 0 Å². The van der Waals surface area contributed by atoms with Crippen LogP contribution in [0, 0.1) is 0 Å². The minimum Gasteiger partial charge on any atom is -0.365 e. The number of aromatic amines is 1. The van der Waals surface area contributed by atoms with Crippen LogP contribution in [0.25, 0.3) is 0 Å². The van der Waals surface area contributed by atoms with E-state index in [1.54, 1.807) is 0 Å². The summed E-state index contributed by atoms with van der Waals surface area (Å²) in [5.74, 6) is 0. The molecule has 1 unspecified atom stereocenters. The molecule has 16 heavy (non-hydrogen) atoms. The van der Waals surface area contributed by atoms with Crippen LogP contribution in [-0.4, -0.2) is 4.98 Å². The molecule has 1 aliphatic rings. The molecule has 2 heteroatoms. The second-order valence-electron chi connectivity index (χ2n) is 4.56. The Labute approximate surface area is 95.5 Å². The van der Waals surface area contributed by atoms with Gasteiger partial charge in [-0.05, 0) is 36.5 Å². The lowest BCUT2D eigenvalue weighted by Gasteiger charge is -2.34. The predicted octanol–water partition coefficient (Wildman–Crippen LogP) is 2.55. The van der Waals surface area contributed by atoms with Crippen molar-refractivity contribution in [1.82, 2.24) is 4.98 Å². The van der Waals surface area contributed by atoms with Crippen molar-refractivity contribution in [2.75, 3.05) is 0 Å². The van der Waals surface area contributed by atoms with E-state index < -0.39 is 0 Å². The van der Waals surface area contributed by atoms with Gasteiger partial charge in [0.25, 0.3) is 0 Å². The third-order valence-corrected chi connectivity index (χ3v) is 3.60. The quantitative estimate of drug-likeness (QED) is 0.749. The van der Waals surface area contributed by atoms with Gasteiger partial charge in [0.2, 0.25) is 0 Å². The maximum Gasteiger partial charge on any atom is 0.0683 e. The number of H-pyrrole nitrogens is 1. The van der Waals surface area contributed by atoms with E-state index in [0.29, 0.717) is 0 Å². The second-order valence-corrected chi connectivity index (χ2v) is 4.56. The van der Waals surface area contributed by atoms with E-state index in [1.165, 1.54) is 16.8 Å². The van der Waals surface area contributed by atoms with Gasteiger partial charge >= 0.3 is 0 Å². The average molecular weight is 212 g/mol. The standard InChI is InChI=1S/C14H16N2/c15-14(11-5-2-1-3-6-11)9-4-7-13-12(14)8-10-16-13/h1-3,5-6,8,10,16H,4,7,9,15H2. The molecule has 82 valence electrons. The SMILES string of the molecule is NC1(c2ccccc2)CCCc2[nH]ccc21. The van der Waals surface area contributed by atoms with Crippen molar-refractivity contribution in [2.45, 2.75) is 24.8 Å². The van der Waals surface area contributed by atoms with Crippen molar-refractivity contribution in [3.8, 4) is 0 Å². The van der Waals surface area contributed by atoms with E-state index in [9.17, 15) is 0 Å². The van der Waals surface area contributed by atoms with Crippen molar-refractivity contribution >= 4 is 0 Å². The highest BCUT2D eigenvalue weighted by Gasteiger charge is 2.34. The van der Waals surface area contributed by atoms with E-state index in [1.807, 2.05) is 12.3 Å². The third kappa shape index (κ3) is 1.30. The third-order valence-electron chi connectivity index (χ3n) is 3.60. The minimum atomic E-state index is -0.297. The number of benzene rings is 1. The van der Waals surface area contributed by atoms with Gasteiger partial charge in [-0.15, -0.1) is 0 Å². The van der Waals surface area contributed by atoms with Gasteiger partial charge in [0.05, 0.1) is 5.54 Å². The molecule has 0 saturated carbocycles. The molecule has 0 spiro atoms. The van der Waals surface area contributed by atoms with Gasteiger partial charge in [-0.1, -0.05) is 30.3 Å². The molecule has 1 aromatic heterocycles. The van der Waals surface area contributed by atoms with Crippen LogP contribution in [0.4, 0.5) is 0 Å². The Morgan fingerprint density at radius 1 is 1.12 bits per heavy atom. The van der Waals surface area contributed by atoms with Crippen LogP contribution in [0.3, 0.4) is 0 Å². The number of nitrogens with one attached hydrogen (secondary N) is 1. The lowest BCUT2D eigenvalue weighted by molar-refractivity contribution is 0.441. The monoisotopic (exact) mass is 212 g/mol. The topological polar surface area (TPSA) is 41.8 Å². The Kier molecular flexibility index (Phi) is 2.11. The van der Waals surface area contributed by atoms with Gasteiger partial charge in [0, 0.05) is 11.9 Å². The van der Waals surface area contributed by atoms with Crippen LogP contribution in [0.2, 0.25) is 0 Å². The first-order valence-corrected chi connectivity index (χ1v) is 5.82. The summed E-state index contributed by atoms with van der Waals surface area (Å²) < 4.78 is 0. The summed E-state index contributed by atoms with van der Waals surface area (Å²) in [5, 5.41) is 0. The maximum absolute atomic E-state index is 6.62. The van der Waals surface area contributed by atoms with Crippen molar-refractivity contribution in [2.24, 2.45) is 5.73 Å². The number of hydrogen-bond acceptors (Lipinski definition) is 1. The van der Waals surface area contributed by atoms with Crippen LogP contribution in [0.5, 0.6) is 0 Å².